The van der Waals surface area contributed by atoms with Crippen LogP contribution in [0.25, 0.3) is 0 Å². The highest BCUT2D eigenvalue weighted by atomic mass is 79.9. The lowest BCUT2D eigenvalue weighted by molar-refractivity contribution is 0.0682. The Kier molecular flexibility index (Phi) is 3.70. The van der Waals surface area contributed by atoms with Crippen molar-refractivity contribution in [2.75, 3.05) is 0 Å². The zero-order valence-electron chi connectivity index (χ0n) is 7.38. The molecule has 1 aromatic rings. The van der Waals surface area contributed by atoms with E-state index < -0.39 is 23.7 Å². The first kappa shape index (κ1) is 12.0. The van der Waals surface area contributed by atoms with Gasteiger partial charge in [-0.2, -0.15) is 0 Å². The monoisotopic (exact) mass is 280 g/mol. The molecule has 0 aliphatic carbocycles. The van der Waals surface area contributed by atoms with E-state index in [9.17, 15) is 13.6 Å². The van der Waals surface area contributed by atoms with Crippen LogP contribution in [-0.4, -0.2) is 16.1 Å². The van der Waals surface area contributed by atoms with Gasteiger partial charge in [0.2, 0.25) is 0 Å². The summed E-state index contributed by atoms with van der Waals surface area (Å²) in [6.45, 7) is 0.0252. The molecule has 0 fully saturated rings. The highest BCUT2D eigenvalue weighted by molar-refractivity contribution is 9.10. The van der Waals surface area contributed by atoms with Gasteiger partial charge in [-0.25, -0.2) is 18.6 Å². The van der Waals surface area contributed by atoms with Crippen LogP contribution in [0.3, 0.4) is 0 Å². The number of carboxylic acids is 1. The maximum Gasteiger partial charge on any atom is 0.337 e. The summed E-state index contributed by atoms with van der Waals surface area (Å²) < 4.78 is 25.0. The minimum absolute atomic E-state index is 0.0252. The number of nitrogens with two attached hydrogens (primary N) is 1. The smallest absolute Gasteiger partial charge is 0.337 e. The minimum Gasteiger partial charge on any atom is -0.478 e. The molecule has 0 amide bonds. The van der Waals surface area contributed by atoms with E-state index in [0.717, 1.165) is 6.07 Å². The zero-order chi connectivity index (χ0) is 11.6. The van der Waals surface area contributed by atoms with Crippen molar-refractivity contribution in [3.8, 4) is 0 Å². The van der Waals surface area contributed by atoms with E-state index >= 15 is 0 Å². The number of carbonyl (C=O) groups is 1. The second-order valence-corrected chi connectivity index (χ2v) is 3.43. The minimum atomic E-state index is -2.93. The van der Waals surface area contributed by atoms with Gasteiger partial charge >= 0.3 is 5.97 Å². The standard InChI is InChI=1S/C8H7BrF2N2O2/c9-6-3(2-12)1-4(8(14)15)5(13-6)7(10)11/h1,7H,2,12H2,(H,14,15). The molecule has 4 nitrogen and oxygen atoms in total. The topological polar surface area (TPSA) is 76.2 Å². The zero-order valence-corrected chi connectivity index (χ0v) is 8.96. The van der Waals surface area contributed by atoms with Crippen molar-refractivity contribution in [3.63, 3.8) is 0 Å². The van der Waals surface area contributed by atoms with E-state index in [0.29, 0.717) is 5.56 Å². The normalized spacial score (nSPS) is 10.7. The van der Waals surface area contributed by atoms with Crippen LogP contribution in [0.15, 0.2) is 10.7 Å². The summed E-state index contributed by atoms with van der Waals surface area (Å²) in [7, 11) is 0. The third-order valence-corrected chi connectivity index (χ3v) is 2.42. The summed E-state index contributed by atoms with van der Waals surface area (Å²) >= 11 is 2.94. The Labute approximate surface area is 92.2 Å². The van der Waals surface area contributed by atoms with Gasteiger partial charge in [0.15, 0.2) is 0 Å². The number of carboxylic acid groups (broad SMARTS) is 1. The number of pyridine rings is 1. The highest BCUT2D eigenvalue weighted by Gasteiger charge is 2.21. The van der Waals surface area contributed by atoms with Crippen LogP contribution in [0.1, 0.15) is 28.0 Å². The molecule has 0 saturated heterocycles. The Morgan fingerprint density at radius 3 is 2.67 bits per heavy atom. The molecule has 0 radical (unpaired) electrons. The molecule has 0 atom stereocenters. The SMILES string of the molecule is NCc1cc(C(=O)O)c(C(F)F)nc1Br. The number of nitrogens with zero attached hydrogens (tertiary/aromatic N) is 1. The van der Waals surface area contributed by atoms with Crippen molar-refractivity contribution in [1.82, 2.24) is 4.98 Å². The molecule has 0 aromatic carbocycles. The number of alkyl halides is 2. The second kappa shape index (κ2) is 4.63. The lowest BCUT2D eigenvalue weighted by Gasteiger charge is -2.08. The van der Waals surface area contributed by atoms with Crippen molar-refractivity contribution in [2.45, 2.75) is 13.0 Å². The summed E-state index contributed by atoms with van der Waals surface area (Å²) in [5.74, 6) is -1.44. The number of aromatic carboxylic acids is 1. The largest absolute Gasteiger partial charge is 0.478 e. The van der Waals surface area contributed by atoms with Crippen LogP contribution >= 0.6 is 15.9 Å². The molecule has 7 heteroatoms. The van der Waals surface area contributed by atoms with Crippen LogP contribution < -0.4 is 5.73 Å². The summed E-state index contributed by atoms with van der Waals surface area (Å²) in [6, 6.07) is 1.10. The van der Waals surface area contributed by atoms with Gasteiger partial charge in [-0.3, -0.25) is 0 Å². The number of aromatic nitrogens is 1. The quantitative estimate of drug-likeness (QED) is 0.830. The van der Waals surface area contributed by atoms with Gasteiger partial charge in [-0.15, -0.1) is 0 Å². The Balaban J connectivity index is 3.39. The van der Waals surface area contributed by atoms with Gasteiger partial charge in [0.05, 0.1) is 5.56 Å². The number of hydrogen-bond donors (Lipinski definition) is 2. The molecule has 1 rings (SSSR count). The lowest BCUT2D eigenvalue weighted by atomic mass is 10.1. The van der Waals surface area contributed by atoms with Crippen LogP contribution in [0, 0.1) is 0 Å². The van der Waals surface area contributed by atoms with Crippen molar-refractivity contribution in [3.05, 3.63) is 27.5 Å². The van der Waals surface area contributed by atoms with Crippen molar-refractivity contribution in [2.24, 2.45) is 5.73 Å². The fraction of sp³-hybridized carbons (Fsp3) is 0.250. The maximum absolute atomic E-state index is 12.4. The number of rotatable bonds is 3. The van der Waals surface area contributed by atoms with Crippen LogP contribution in [0.5, 0.6) is 0 Å². The molecule has 0 spiro atoms. The summed E-state index contributed by atoms with van der Waals surface area (Å²) in [5, 5.41) is 8.70. The Bertz CT molecular complexity index is 398. The van der Waals surface area contributed by atoms with Crippen molar-refractivity contribution >= 4 is 21.9 Å². The lowest BCUT2D eigenvalue weighted by Crippen LogP contribution is -2.09. The third kappa shape index (κ3) is 2.48. The summed E-state index contributed by atoms with van der Waals surface area (Å²) in [5.41, 5.74) is 4.39. The average molecular weight is 281 g/mol. The van der Waals surface area contributed by atoms with Gasteiger partial charge in [-0.1, -0.05) is 0 Å². The van der Waals surface area contributed by atoms with E-state index in [4.69, 9.17) is 10.8 Å². The molecule has 1 aromatic heterocycles. The molecule has 0 aliphatic heterocycles. The maximum atomic E-state index is 12.4. The molecule has 0 saturated carbocycles. The molecule has 3 N–H and O–H groups in total. The number of halogens is 3. The molecule has 1 heterocycles. The third-order valence-electron chi connectivity index (χ3n) is 1.74. The predicted molar refractivity (Wildman–Crippen MR) is 51.7 cm³/mol. The van der Waals surface area contributed by atoms with E-state index in [-0.39, 0.29) is 11.1 Å². The van der Waals surface area contributed by atoms with Gasteiger partial charge in [0.25, 0.3) is 6.43 Å². The van der Waals surface area contributed by atoms with E-state index in [2.05, 4.69) is 20.9 Å². The molecular weight excluding hydrogens is 274 g/mol. The second-order valence-electron chi connectivity index (χ2n) is 2.68. The molecule has 0 unspecified atom stereocenters. The Morgan fingerprint density at radius 2 is 2.27 bits per heavy atom. The molecule has 82 valence electrons. The van der Waals surface area contributed by atoms with Gasteiger partial charge in [0.1, 0.15) is 10.3 Å². The first-order valence-corrected chi connectivity index (χ1v) is 4.67. The fourth-order valence-electron chi connectivity index (χ4n) is 1.03. The molecule has 15 heavy (non-hydrogen) atoms. The van der Waals surface area contributed by atoms with E-state index in [1.165, 1.54) is 0 Å². The Morgan fingerprint density at radius 1 is 1.67 bits per heavy atom. The van der Waals surface area contributed by atoms with Crippen LogP contribution in [-0.2, 0) is 6.54 Å². The van der Waals surface area contributed by atoms with Crippen molar-refractivity contribution in [1.29, 1.82) is 0 Å². The summed E-state index contributed by atoms with van der Waals surface area (Å²) in [6.07, 6.45) is -2.93. The molecule has 0 bridgehead atoms. The van der Waals surface area contributed by atoms with Crippen LogP contribution in [0.2, 0.25) is 0 Å². The summed E-state index contributed by atoms with van der Waals surface area (Å²) in [4.78, 5) is 14.1. The predicted octanol–water partition coefficient (Wildman–Crippen LogP) is 1.94. The van der Waals surface area contributed by atoms with Gasteiger partial charge in [0, 0.05) is 6.54 Å². The van der Waals surface area contributed by atoms with Crippen LogP contribution in [0.4, 0.5) is 8.78 Å². The Hall–Kier alpha value is -1.08. The molecular formula is C8H7BrF2N2O2. The highest BCUT2D eigenvalue weighted by Crippen LogP contribution is 2.25. The van der Waals surface area contributed by atoms with Crippen molar-refractivity contribution < 1.29 is 18.7 Å². The van der Waals surface area contributed by atoms with Gasteiger partial charge in [-0.05, 0) is 27.6 Å². The molecule has 0 aliphatic rings. The van der Waals surface area contributed by atoms with Gasteiger partial charge < -0.3 is 10.8 Å². The fourth-order valence-corrected chi connectivity index (χ4v) is 1.49. The van der Waals surface area contributed by atoms with E-state index in [1.54, 1.807) is 0 Å². The van der Waals surface area contributed by atoms with E-state index in [1.807, 2.05) is 0 Å². The number of hydrogen-bond acceptors (Lipinski definition) is 3. The first-order chi connectivity index (χ1) is 6.97. The first-order valence-electron chi connectivity index (χ1n) is 3.88. The average Bonchev–Trinajstić information content (AvgIpc) is 2.16.